The molecule has 29 heavy (non-hydrogen) atoms. The zero-order valence-electron chi connectivity index (χ0n) is 17.7. The quantitative estimate of drug-likeness (QED) is 0.573. The summed E-state index contributed by atoms with van der Waals surface area (Å²) in [7, 11) is 4.07. The predicted molar refractivity (Wildman–Crippen MR) is 116 cm³/mol. The number of ether oxygens (including phenoxy) is 1. The van der Waals surface area contributed by atoms with Gasteiger partial charge in [0.05, 0.1) is 4.88 Å². The van der Waals surface area contributed by atoms with Crippen molar-refractivity contribution in [2.75, 3.05) is 27.2 Å². The van der Waals surface area contributed by atoms with E-state index < -0.39 is 0 Å². The summed E-state index contributed by atoms with van der Waals surface area (Å²) in [4.78, 5) is 9.40. The van der Waals surface area contributed by atoms with E-state index >= 15 is 0 Å². The number of aromatic nitrogens is 2. The van der Waals surface area contributed by atoms with Crippen molar-refractivity contribution < 1.29 is 9.26 Å². The van der Waals surface area contributed by atoms with Crippen LogP contribution in [0.5, 0.6) is 5.75 Å². The molecule has 0 radical (unpaired) electrons. The molecule has 0 saturated heterocycles. The second-order valence-corrected chi connectivity index (χ2v) is 10.3. The molecule has 3 aromatic rings. The molecule has 2 atom stereocenters. The van der Waals surface area contributed by atoms with E-state index in [0.29, 0.717) is 29.7 Å². The average Bonchev–Trinajstić information content (AvgIpc) is 3.17. The smallest absolute Gasteiger partial charge is 0.268 e. The number of hydrogen-bond acceptors (Lipinski definition) is 6. The summed E-state index contributed by atoms with van der Waals surface area (Å²) >= 11 is 1.80. The standard InChI is InChI=1S/C23H27N3O2S/c1-13-18-16(12-17-19(18)23(17,2)3)20(29-13)22-24-21(25-28-22)14-6-8-15(9-7-14)27-11-10-26(4)5/h6-9,17,19H,10-12H2,1-5H3/t17-,19-/m1/s1. The second kappa shape index (κ2) is 6.67. The number of fused-ring (bicyclic) bond motifs is 3. The summed E-state index contributed by atoms with van der Waals surface area (Å²) in [6.07, 6.45) is 1.14. The van der Waals surface area contributed by atoms with Gasteiger partial charge in [0.15, 0.2) is 0 Å². The van der Waals surface area contributed by atoms with Gasteiger partial charge in [-0.15, -0.1) is 11.3 Å². The van der Waals surface area contributed by atoms with Gasteiger partial charge in [0.1, 0.15) is 12.4 Å². The Hall–Kier alpha value is -2.18. The van der Waals surface area contributed by atoms with Crippen molar-refractivity contribution in [2.45, 2.75) is 33.1 Å². The number of nitrogens with zero attached hydrogens (tertiary/aromatic N) is 3. The van der Waals surface area contributed by atoms with Crippen LogP contribution in [0.15, 0.2) is 28.8 Å². The van der Waals surface area contributed by atoms with Gasteiger partial charge in [-0.05, 0) is 80.1 Å². The van der Waals surface area contributed by atoms with Crippen molar-refractivity contribution in [1.29, 1.82) is 0 Å². The van der Waals surface area contributed by atoms with Crippen LogP contribution in [-0.4, -0.2) is 42.3 Å². The molecular formula is C23H27N3O2S. The van der Waals surface area contributed by atoms with E-state index in [1.165, 1.54) is 15.3 Å². The van der Waals surface area contributed by atoms with Gasteiger partial charge in [-0.25, -0.2) is 0 Å². The highest BCUT2D eigenvalue weighted by atomic mass is 32.1. The van der Waals surface area contributed by atoms with Crippen molar-refractivity contribution in [3.8, 4) is 27.9 Å². The summed E-state index contributed by atoms with van der Waals surface area (Å²) in [5.74, 6) is 3.63. The van der Waals surface area contributed by atoms with Gasteiger partial charge >= 0.3 is 0 Å². The lowest BCUT2D eigenvalue weighted by Gasteiger charge is -2.10. The van der Waals surface area contributed by atoms with Crippen molar-refractivity contribution in [3.63, 3.8) is 0 Å². The van der Waals surface area contributed by atoms with Crippen LogP contribution >= 0.6 is 11.3 Å². The van der Waals surface area contributed by atoms with Crippen molar-refractivity contribution in [1.82, 2.24) is 15.0 Å². The average molecular weight is 410 g/mol. The van der Waals surface area contributed by atoms with Crippen LogP contribution < -0.4 is 4.74 Å². The lowest BCUT2D eigenvalue weighted by atomic mass is 9.95. The first-order valence-electron chi connectivity index (χ1n) is 10.2. The highest BCUT2D eigenvalue weighted by Gasteiger charge is 2.63. The fourth-order valence-electron chi connectivity index (χ4n) is 4.78. The Morgan fingerprint density at radius 3 is 2.72 bits per heavy atom. The Balaban J connectivity index is 1.35. The molecule has 0 aliphatic heterocycles. The number of benzene rings is 1. The van der Waals surface area contributed by atoms with E-state index in [1.807, 2.05) is 38.4 Å². The van der Waals surface area contributed by atoms with Crippen LogP contribution in [0, 0.1) is 18.3 Å². The van der Waals surface area contributed by atoms with E-state index in [-0.39, 0.29) is 0 Å². The van der Waals surface area contributed by atoms with E-state index in [1.54, 1.807) is 16.9 Å². The summed E-state index contributed by atoms with van der Waals surface area (Å²) in [5.41, 5.74) is 4.39. The monoisotopic (exact) mass is 409 g/mol. The van der Waals surface area contributed by atoms with E-state index in [4.69, 9.17) is 14.2 Å². The number of likely N-dealkylation sites (N-methyl/N-ethyl adjacent to an activating group) is 1. The van der Waals surface area contributed by atoms with Crippen LogP contribution in [-0.2, 0) is 6.42 Å². The van der Waals surface area contributed by atoms with Gasteiger partial charge in [0, 0.05) is 17.0 Å². The number of thiophene rings is 1. The summed E-state index contributed by atoms with van der Waals surface area (Å²) in [6, 6.07) is 7.90. The van der Waals surface area contributed by atoms with Crippen LogP contribution in [0.4, 0.5) is 0 Å². The van der Waals surface area contributed by atoms with Gasteiger partial charge in [-0.2, -0.15) is 4.98 Å². The van der Waals surface area contributed by atoms with Crippen molar-refractivity contribution in [2.24, 2.45) is 11.3 Å². The molecule has 1 saturated carbocycles. The zero-order chi connectivity index (χ0) is 20.3. The molecule has 1 aromatic carbocycles. The number of rotatable bonds is 6. The molecule has 2 aliphatic rings. The van der Waals surface area contributed by atoms with E-state index in [2.05, 4.69) is 30.8 Å². The van der Waals surface area contributed by atoms with Gasteiger partial charge in [-0.3, -0.25) is 0 Å². The van der Waals surface area contributed by atoms with Crippen LogP contribution in [0.2, 0.25) is 0 Å². The summed E-state index contributed by atoms with van der Waals surface area (Å²) in [5, 5.41) is 4.24. The maximum Gasteiger partial charge on any atom is 0.268 e. The lowest BCUT2D eigenvalue weighted by Crippen LogP contribution is -2.19. The molecule has 2 heterocycles. The molecule has 5 nitrogen and oxygen atoms in total. The molecule has 2 aliphatic carbocycles. The Labute approximate surface area is 175 Å². The van der Waals surface area contributed by atoms with Gasteiger partial charge in [0.2, 0.25) is 5.82 Å². The molecule has 152 valence electrons. The minimum atomic E-state index is 0.451. The lowest BCUT2D eigenvalue weighted by molar-refractivity contribution is 0.261. The fraction of sp³-hybridized carbons (Fsp3) is 0.478. The largest absolute Gasteiger partial charge is 0.492 e. The Morgan fingerprint density at radius 2 is 2.00 bits per heavy atom. The van der Waals surface area contributed by atoms with E-state index in [0.717, 1.165) is 30.2 Å². The minimum absolute atomic E-state index is 0.451. The molecule has 0 spiro atoms. The maximum atomic E-state index is 5.76. The third-order valence-corrected chi connectivity index (χ3v) is 7.71. The minimum Gasteiger partial charge on any atom is -0.492 e. The zero-order valence-corrected chi connectivity index (χ0v) is 18.5. The van der Waals surface area contributed by atoms with Crippen LogP contribution in [0.1, 0.15) is 35.8 Å². The van der Waals surface area contributed by atoms with Crippen molar-refractivity contribution >= 4 is 11.3 Å². The SMILES string of the molecule is Cc1sc(-c2nc(-c3ccc(OCCN(C)C)cc3)no2)c2c1[C@H]1[C@@H](C2)C1(C)C. The normalized spacial score (nSPS) is 21.3. The summed E-state index contributed by atoms with van der Waals surface area (Å²) < 4.78 is 11.4. The Morgan fingerprint density at radius 1 is 1.24 bits per heavy atom. The molecule has 0 bridgehead atoms. The molecule has 0 N–H and O–H groups in total. The van der Waals surface area contributed by atoms with Gasteiger partial charge in [0.25, 0.3) is 5.89 Å². The highest BCUT2D eigenvalue weighted by Crippen LogP contribution is 2.72. The molecule has 6 heteroatoms. The van der Waals surface area contributed by atoms with Gasteiger partial charge in [-0.1, -0.05) is 19.0 Å². The van der Waals surface area contributed by atoms with E-state index in [9.17, 15) is 0 Å². The first-order chi connectivity index (χ1) is 13.9. The van der Waals surface area contributed by atoms with Crippen LogP contribution in [0.25, 0.3) is 22.2 Å². The molecule has 5 rings (SSSR count). The number of hydrogen-bond donors (Lipinski definition) is 0. The molecule has 2 aromatic heterocycles. The predicted octanol–water partition coefficient (Wildman–Crippen LogP) is 5.01. The fourth-order valence-corrected chi connectivity index (χ4v) is 5.94. The number of aryl methyl sites for hydroxylation is 1. The third kappa shape index (κ3) is 3.09. The maximum absolute atomic E-state index is 5.76. The molecule has 1 fully saturated rings. The molecule has 0 amide bonds. The third-order valence-electron chi connectivity index (χ3n) is 6.56. The molecular weight excluding hydrogens is 382 g/mol. The van der Waals surface area contributed by atoms with Gasteiger partial charge < -0.3 is 14.2 Å². The Bertz CT molecular complexity index is 1050. The highest BCUT2D eigenvalue weighted by molar-refractivity contribution is 7.15. The van der Waals surface area contributed by atoms with Crippen LogP contribution in [0.3, 0.4) is 0 Å². The Kier molecular flexibility index (Phi) is 4.33. The van der Waals surface area contributed by atoms with Crippen molar-refractivity contribution in [3.05, 3.63) is 40.3 Å². The topological polar surface area (TPSA) is 51.4 Å². The molecule has 0 unspecified atom stereocenters. The first-order valence-corrected chi connectivity index (χ1v) is 11.0. The summed E-state index contributed by atoms with van der Waals surface area (Å²) in [6.45, 7) is 8.57. The first kappa shape index (κ1) is 18.8. The second-order valence-electron chi connectivity index (χ2n) is 9.09.